The Hall–Kier alpha value is -2.64. The Morgan fingerprint density at radius 1 is 1.14 bits per heavy atom. The molecule has 1 aromatic heterocycles. The average molecular weight is 398 g/mol. The van der Waals surface area contributed by atoms with Crippen LogP contribution < -0.4 is 9.62 Å². The van der Waals surface area contributed by atoms with Crippen LogP contribution in [0.5, 0.6) is 0 Å². The number of carbonyl (C=O) groups is 1. The Morgan fingerprint density at radius 3 is 2.68 bits per heavy atom. The molecule has 0 saturated heterocycles. The number of sulfonamides is 1. The van der Waals surface area contributed by atoms with Crippen LogP contribution >= 0.6 is 0 Å². The zero-order valence-corrected chi connectivity index (χ0v) is 17.0. The van der Waals surface area contributed by atoms with E-state index in [-0.39, 0.29) is 17.3 Å². The molecule has 0 fully saturated rings. The van der Waals surface area contributed by atoms with Crippen molar-refractivity contribution < 1.29 is 13.2 Å². The van der Waals surface area contributed by atoms with Gasteiger partial charge in [0.15, 0.2) is 0 Å². The molecule has 7 heteroatoms. The van der Waals surface area contributed by atoms with Crippen LogP contribution in [-0.4, -0.2) is 25.4 Å². The third kappa shape index (κ3) is 3.21. The van der Waals surface area contributed by atoms with Crippen molar-refractivity contribution in [3.63, 3.8) is 0 Å². The van der Waals surface area contributed by atoms with Gasteiger partial charge < -0.3 is 9.47 Å². The normalized spacial score (nSPS) is 13.9. The minimum absolute atomic E-state index is 0.0287. The molecule has 0 atom stereocenters. The molecule has 3 aromatic rings. The maximum atomic E-state index is 12.7. The summed E-state index contributed by atoms with van der Waals surface area (Å²) >= 11 is 0. The molecule has 1 aliphatic heterocycles. The fourth-order valence-corrected chi connectivity index (χ4v) is 4.85. The van der Waals surface area contributed by atoms with Crippen molar-refractivity contribution in [2.75, 3.05) is 11.4 Å². The highest BCUT2D eigenvalue weighted by Gasteiger charge is 2.24. The largest absolute Gasteiger partial charge is 0.348 e. The molecule has 1 amide bonds. The highest BCUT2D eigenvalue weighted by molar-refractivity contribution is 7.89. The van der Waals surface area contributed by atoms with Gasteiger partial charge in [0.1, 0.15) is 0 Å². The Labute approximate surface area is 164 Å². The molecule has 0 aliphatic carbocycles. The Morgan fingerprint density at radius 2 is 1.93 bits per heavy atom. The number of hydrogen-bond donors (Lipinski definition) is 1. The third-order valence-corrected chi connectivity index (χ3v) is 6.85. The molecule has 0 bridgehead atoms. The van der Waals surface area contributed by atoms with Crippen molar-refractivity contribution in [2.24, 2.45) is 7.05 Å². The minimum Gasteiger partial charge on any atom is -0.348 e. The van der Waals surface area contributed by atoms with Gasteiger partial charge in [-0.3, -0.25) is 4.79 Å². The average Bonchev–Trinajstić information content (AvgIpc) is 3.20. The second-order valence-corrected chi connectivity index (χ2v) is 9.04. The number of aromatic nitrogens is 1. The Bertz CT molecular complexity index is 1200. The summed E-state index contributed by atoms with van der Waals surface area (Å²) in [7, 11) is -1.62. The van der Waals surface area contributed by atoms with Crippen LogP contribution in [0.1, 0.15) is 23.7 Å². The lowest BCUT2D eigenvalue weighted by molar-refractivity contribution is -0.116. The number of nitrogens with zero attached hydrogens (tertiary/aromatic N) is 2. The van der Waals surface area contributed by atoms with Crippen molar-refractivity contribution in [3.8, 4) is 0 Å². The zero-order valence-electron chi connectivity index (χ0n) is 16.2. The molecule has 6 nitrogen and oxygen atoms in total. The number of carbonyl (C=O) groups excluding carboxylic acids is 1. The summed E-state index contributed by atoms with van der Waals surface area (Å²) in [5.74, 6) is -0.0287. The lowest BCUT2D eigenvalue weighted by Crippen LogP contribution is -2.26. The van der Waals surface area contributed by atoms with Crippen molar-refractivity contribution in [1.29, 1.82) is 0 Å². The van der Waals surface area contributed by atoms with Crippen molar-refractivity contribution in [2.45, 2.75) is 31.7 Å². The fraction of sp³-hybridized carbons (Fsp3) is 0.286. The summed E-state index contributed by atoms with van der Waals surface area (Å²) in [6, 6.07) is 13.0. The summed E-state index contributed by atoms with van der Waals surface area (Å²) in [6.45, 7) is 4.39. The zero-order chi connectivity index (χ0) is 20.1. The van der Waals surface area contributed by atoms with Gasteiger partial charge in [0.25, 0.3) is 0 Å². The topological polar surface area (TPSA) is 71.4 Å². The van der Waals surface area contributed by atoms with Gasteiger partial charge in [0.05, 0.1) is 4.90 Å². The first-order chi connectivity index (χ1) is 13.3. The minimum atomic E-state index is -3.63. The second kappa shape index (κ2) is 6.76. The smallest absolute Gasteiger partial charge is 0.240 e. The molecule has 0 radical (unpaired) electrons. The van der Waals surface area contributed by atoms with Crippen LogP contribution in [0.15, 0.2) is 47.4 Å². The monoisotopic (exact) mass is 397 g/mol. The van der Waals surface area contributed by atoms with Gasteiger partial charge in [-0.15, -0.1) is 0 Å². The van der Waals surface area contributed by atoms with Gasteiger partial charge in [-0.25, -0.2) is 13.1 Å². The van der Waals surface area contributed by atoms with Gasteiger partial charge in [0.2, 0.25) is 15.9 Å². The molecule has 1 aliphatic rings. The first-order valence-electron chi connectivity index (χ1n) is 9.22. The third-order valence-electron chi connectivity index (χ3n) is 5.45. The van der Waals surface area contributed by atoms with E-state index >= 15 is 0 Å². The molecule has 0 spiro atoms. The van der Waals surface area contributed by atoms with Crippen molar-refractivity contribution in [3.05, 3.63) is 59.3 Å². The number of amides is 1. The van der Waals surface area contributed by atoms with E-state index in [4.69, 9.17) is 0 Å². The SMILES string of the molecule is CC(=O)N1CCc2cc(S(=O)(=O)NCc3ccc4c(c3)cc(C)n4C)ccc21. The molecule has 146 valence electrons. The van der Waals surface area contributed by atoms with E-state index in [1.54, 1.807) is 23.1 Å². The maximum Gasteiger partial charge on any atom is 0.240 e. The summed E-state index contributed by atoms with van der Waals surface area (Å²) < 4.78 is 30.3. The lowest BCUT2D eigenvalue weighted by Gasteiger charge is -2.15. The Balaban J connectivity index is 1.54. The number of benzene rings is 2. The number of anilines is 1. The van der Waals surface area contributed by atoms with Crippen LogP contribution in [0.25, 0.3) is 10.9 Å². The first kappa shape index (κ1) is 18.7. The van der Waals surface area contributed by atoms with Gasteiger partial charge in [-0.05, 0) is 60.9 Å². The number of rotatable bonds is 4. The maximum absolute atomic E-state index is 12.7. The van der Waals surface area contributed by atoms with E-state index in [0.717, 1.165) is 33.4 Å². The molecule has 0 saturated carbocycles. The van der Waals surface area contributed by atoms with Crippen LogP contribution in [0, 0.1) is 6.92 Å². The molecular formula is C21H23N3O3S. The van der Waals surface area contributed by atoms with Crippen LogP contribution in [-0.2, 0) is 34.8 Å². The first-order valence-corrected chi connectivity index (χ1v) is 10.7. The Kier molecular flexibility index (Phi) is 4.51. The summed E-state index contributed by atoms with van der Waals surface area (Å²) in [4.78, 5) is 13.6. The molecule has 4 rings (SSSR count). The van der Waals surface area contributed by atoms with Crippen molar-refractivity contribution in [1.82, 2.24) is 9.29 Å². The summed E-state index contributed by atoms with van der Waals surface area (Å²) in [6.07, 6.45) is 0.669. The number of nitrogens with one attached hydrogen (secondary N) is 1. The van der Waals surface area contributed by atoms with E-state index in [9.17, 15) is 13.2 Å². The van der Waals surface area contributed by atoms with Gasteiger partial charge in [0, 0.05) is 49.3 Å². The van der Waals surface area contributed by atoms with E-state index < -0.39 is 10.0 Å². The second-order valence-electron chi connectivity index (χ2n) is 7.27. The fourth-order valence-electron chi connectivity index (χ4n) is 3.78. The van der Waals surface area contributed by atoms with Gasteiger partial charge in [-0.1, -0.05) is 6.07 Å². The summed E-state index contributed by atoms with van der Waals surface area (Å²) in [5.41, 5.74) is 4.88. The van der Waals surface area contributed by atoms with Gasteiger partial charge >= 0.3 is 0 Å². The van der Waals surface area contributed by atoms with Gasteiger partial charge in [-0.2, -0.15) is 0 Å². The summed E-state index contributed by atoms with van der Waals surface area (Å²) in [5, 5.41) is 1.10. The standard InChI is InChI=1S/C21H23N3O3S/c1-14-10-18-11-16(4-6-20(18)23(14)3)13-22-28(26,27)19-5-7-21-17(12-19)8-9-24(21)15(2)25/h4-7,10-12,22H,8-9,13H2,1-3H3. The molecule has 1 N–H and O–H groups in total. The van der Waals surface area contributed by atoms with E-state index in [1.165, 1.54) is 6.92 Å². The van der Waals surface area contributed by atoms with Crippen LogP contribution in [0.3, 0.4) is 0 Å². The highest BCUT2D eigenvalue weighted by atomic mass is 32.2. The number of hydrogen-bond acceptors (Lipinski definition) is 3. The predicted molar refractivity (Wildman–Crippen MR) is 110 cm³/mol. The van der Waals surface area contributed by atoms with Crippen LogP contribution in [0.4, 0.5) is 5.69 Å². The predicted octanol–water partition coefficient (Wildman–Crippen LogP) is 2.87. The molecule has 0 unspecified atom stereocenters. The van der Waals surface area contributed by atoms with Crippen LogP contribution in [0.2, 0.25) is 0 Å². The van der Waals surface area contributed by atoms with E-state index in [2.05, 4.69) is 15.4 Å². The van der Waals surface area contributed by atoms with E-state index in [1.807, 2.05) is 32.2 Å². The highest BCUT2D eigenvalue weighted by Crippen LogP contribution is 2.30. The lowest BCUT2D eigenvalue weighted by atomic mass is 10.1. The molecule has 2 aromatic carbocycles. The molecule has 2 heterocycles. The van der Waals surface area contributed by atoms with E-state index in [0.29, 0.717) is 13.0 Å². The number of aryl methyl sites for hydroxylation is 2. The van der Waals surface area contributed by atoms with Crippen molar-refractivity contribution >= 4 is 32.5 Å². The molecular weight excluding hydrogens is 374 g/mol. The quantitative estimate of drug-likeness (QED) is 0.736. The molecule has 28 heavy (non-hydrogen) atoms. The number of fused-ring (bicyclic) bond motifs is 2.